The monoisotopic (exact) mass is 423 g/mol. The molecule has 0 atom stereocenters. The largest absolute Gasteiger partial charge is 0.508 e. The summed E-state index contributed by atoms with van der Waals surface area (Å²) < 4.78 is 22.6. The molecule has 2 aliphatic rings. The molecule has 1 fully saturated rings. The molecule has 0 bridgehead atoms. The summed E-state index contributed by atoms with van der Waals surface area (Å²) in [6, 6.07) is 10.3. The standard InChI is InChI=1S/C25H26FNO4/c1-14-9-15(5-7-18(14)26)27-19-8-6-16(28)10-17(19)20-21(27)23(2,3)13-31-25(20)11-24(4,12-25)22(29)30/h5-10,28H,11-13H2,1-4H3,(H,29,30)/t24-,25-. The quantitative estimate of drug-likeness (QED) is 0.596. The van der Waals surface area contributed by atoms with Crippen molar-refractivity contribution in [2.45, 2.75) is 51.6 Å². The molecule has 2 N–H and O–H groups in total. The van der Waals surface area contributed by atoms with E-state index in [-0.39, 0.29) is 17.0 Å². The summed E-state index contributed by atoms with van der Waals surface area (Å²) in [5.41, 5.74) is 2.30. The first-order valence-electron chi connectivity index (χ1n) is 10.5. The number of aryl methyl sites for hydroxylation is 1. The normalized spacial score (nSPS) is 26.6. The van der Waals surface area contributed by atoms with Crippen molar-refractivity contribution >= 4 is 16.9 Å². The topological polar surface area (TPSA) is 71.7 Å². The van der Waals surface area contributed by atoms with Gasteiger partial charge in [-0.25, -0.2) is 4.39 Å². The lowest BCUT2D eigenvalue weighted by atomic mass is 9.55. The maximum absolute atomic E-state index is 14.0. The highest BCUT2D eigenvalue weighted by atomic mass is 19.1. The molecule has 2 aromatic carbocycles. The highest BCUT2D eigenvalue weighted by molar-refractivity contribution is 5.91. The van der Waals surface area contributed by atoms with E-state index in [0.717, 1.165) is 27.8 Å². The maximum Gasteiger partial charge on any atom is 0.309 e. The van der Waals surface area contributed by atoms with Gasteiger partial charge in [-0.3, -0.25) is 4.79 Å². The van der Waals surface area contributed by atoms with E-state index in [0.29, 0.717) is 25.0 Å². The summed E-state index contributed by atoms with van der Waals surface area (Å²) >= 11 is 0. The molecule has 1 spiro atoms. The SMILES string of the molecule is Cc1cc(-n2c3c(c4cc(O)ccc42)[C@]2(C[C@@](C)(C(=O)O)C2)OCC3(C)C)ccc1F. The van der Waals surface area contributed by atoms with E-state index >= 15 is 0 Å². The molecule has 162 valence electrons. The average molecular weight is 423 g/mol. The van der Waals surface area contributed by atoms with E-state index in [1.54, 1.807) is 32.0 Å². The Morgan fingerprint density at radius 3 is 2.48 bits per heavy atom. The van der Waals surface area contributed by atoms with Gasteiger partial charge >= 0.3 is 5.97 Å². The third-order valence-electron chi connectivity index (χ3n) is 7.02. The van der Waals surface area contributed by atoms with Gasteiger partial charge in [0.2, 0.25) is 0 Å². The van der Waals surface area contributed by atoms with E-state index < -0.39 is 17.0 Å². The Balaban J connectivity index is 1.85. The van der Waals surface area contributed by atoms with Gasteiger partial charge in [-0.1, -0.05) is 13.8 Å². The molecule has 0 radical (unpaired) electrons. The Morgan fingerprint density at radius 2 is 1.84 bits per heavy atom. The Labute approximate surface area is 180 Å². The minimum atomic E-state index is -0.851. The summed E-state index contributed by atoms with van der Waals surface area (Å²) in [5.74, 6) is -0.947. The van der Waals surface area contributed by atoms with Crippen molar-refractivity contribution in [2.75, 3.05) is 6.61 Å². The number of aliphatic carboxylic acids is 1. The van der Waals surface area contributed by atoms with E-state index in [1.165, 1.54) is 6.07 Å². The van der Waals surface area contributed by atoms with Crippen LogP contribution >= 0.6 is 0 Å². The fourth-order valence-electron chi connectivity index (χ4n) is 5.52. The third kappa shape index (κ3) is 2.67. The molecule has 5 rings (SSSR count). The van der Waals surface area contributed by atoms with Crippen LogP contribution in [0.25, 0.3) is 16.6 Å². The van der Waals surface area contributed by atoms with Crippen LogP contribution in [0, 0.1) is 18.2 Å². The second-order valence-corrected chi connectivity index (χ2v) is 10.1. The Morgan fingerprint density at radius 1 is 1.13 bits per heavy atom. The van der Waals surface area contributed by atoms with Crippen LogP contribution in [0.5, 0.6) is 5.75 Å². The van der Waals surface area contributed by atoms with E-state index in [9.17, 15) is 19.4 Å². The van der Waals surface area contributed by atoms with Gasteiger partial charge in [0.1, 0.15) is 11.6 Å². The lowest BCUT2D eigenvalue weighted by Gasteiger charge is -2.56. The minimum absolute atomic E-state index is 0.140. The van der Waals surface area contributed by atoms with Crippen LogP contribution in [-0.4, -0.2) is 27.4 Å². The first-order chi connectivity index (χ1) is 14.5. The highest BCUT2D eigenvalue weighted by Crippen LogP contribution is 2.62. The van der Waals surface area contributed by atoms with Crippen molar-refractivity contribution in [3.8, 4) is 11.4 Å². The number of rotatable bonds is 2. The molecule has 0 unspecified atom stereocenters. The lowest BCUT2D eigenvalue weighted by Crippen LogP contribution is -2.57. The number of nitrogens with zero attached hydrogens (tertiary/aromatic N) is 1. The number of aromatic nitrogens is 1. The van der Waals surface area contributed by atoms with Crippen molar-refractivity contribution in [1.29, 1.82) is 0 Å². The lowest BCUT2D eigenvalue weighted by molar-refractivity contribution is -0.205. The van der Waals surface area contributed by atoms with E-state index in [2.05, 4.69) is 18.4 Å². The number of ether oxygens (including phenoxy) is 1. The zero-order valence-electron chi connectivity index (χ0n) is 18.1. The smallest absolute Gasteiger partial charge is 0.309 e. The first kappa shape index (κ1) is 20.1. The fraction of sp³-hybridized carbons (Fsp3) is 0.400. The average Bonchev–Trinajstić information content (AvgIpc) is 3.02. The molecule has 1 saturated carbocycles. The minimum Gasteiger partial charge on any atom is -0.508 e. The zero-order valence-corrected chi connectivity index (χ0v) is 18.1. The second-order valence-electron chi connectivity index (χ2n) is 10.1. The van der Waals surface area contributed by atoms with Crippen molar-refractivity contribution in [3.05, 3.63) is 59.0 Å². The number of aromatic hydroxyl groups is 1. The van der Waals surface area contributed by atoms with Crippen molar-refractivity contribution < 1.29 is 24.1 Å². The van der Waals surface area contributed by atoms with Crippen LogP contribution in [-0.2, 0) is 20.5 Å². The zero-order chi connectivity index (χ0) is 22.3. The molecule has 2 heterocycles. The van der Waals surface area contributed by atoms with Crippen molar-refractivity contribution in [1.82, 2.24) is 4.57 Å². The molecule has 1 aromatic heterocycles. The summed E-state index contributed by atoms with van der Waals surface area (Å²) in [5, 5.41) is 20.8. The van der Waals surface area contributed by atoms with Crippen LogP contribution in [0.1, 0.15) is 50.4 Å². The van der Waals surface area contributed by atoms with Gasteiger partial charge in [-0.2, -0.15) is 0 Å². The van der Waals surface area contributed by atoms with Crippen molar-refractivity contribution in [3.63, 3.8) is 0 Å². The van der Waals surface area contributed by atoms with Gasteiger partial charge in [0, 0.05) is 27.7 Å². The highest BCUT2D eigenvalue weighted by Gasteiger charge is 2.62. The summed E-state index contributed by atoms with van der Waals surface area (Å²) in [4.78, 5) is 11.8. The van der Waals surface area contributed by atoms with Crippen LogP contribution in [0.3, 0.4) is 0 Å². The number of carbonyl (C=O) groups is 1. The molecule has 1 aliphatic heterocycles. The van der Waals surface area contributed by atoms with E-state index in [4.69, 9.17) is 4.74 Å². The number of carboxylic acids is 1. The number of fused-ring (bicyclic) bond motifs is 4. The van der Waals surface area contributed by atoms with Crippen LogP contribution in [0.2, 0.25) is 0 Å². The third-order valence-corrected chi connectivity index (χ3v) is 7.02. The number of phenols is 1. The van der Waals surface area contributed by atoms with E-state index in [1.807, 2.05) is 12.1 Å². The van der Waals surface area contributed by atoms with Crippen LogP contribution in [0.15, 0.2) is 36.4 Å². The Kier molecular flexibility index (Phi) is 3.95. The second kappa shape index (κ2) is 6.10. The number of hydrogen-bond donors (Lipinski definition) is 2. The van der Waals surface area contributed by atoms with Gasteiger partial charge in [0.05, 0.1) is 23.1 Å². The number of phenolic OH excluding ortho intramolecular Hbond substituents is 1. The van der Waals surface area contributed by atoms with Crippen molar-refractivity contribution in [2.24, 2.45) is 5.41 Å². The van der Waals surface area contributed by atoms with Gasteiger partial charge in [-0.05, 0) is 68.7 Å². The Bertz CT molecular complexity index is 1250. The number of carboxylic acid groups (broad SMARTS) is 1. The van der Waals surface area contributed by atoms with Gasteiger partial charge < -0.3 is 19.5 Å². The summed E-state index contributed by atoms with van der Waals surface area (Å²) in [6.45, 7) is 8.13. The predicted molar refractivity (Wildman–Crippen MR) is 115 cm³/mol. The molecule has 0 amide bonds. The molecule has 0 saturated heterocycles. The summed E-state index contributed by atoms with van der Waals surface area (Å²) in [7, 11) is 0. The molecule has 5 nitrogen and oxygen atoms in total. The number of halogens is 1. The molecule has 31 heavy (non-hydrogen) atoms. The van der Waals surface area contributed by atoms with Gasteiger partial charge in [0.15, 0.2) is 0 Å². The molecule has 6 heteroatoms. The number of hydrogen-bond acceptors (Lipinski definition) is 3. The maximum atomic E-state index is 14.0. The van der Waals surface area contributed by atoms with Gasteiger partial charge in [0.25, 0.3) is 0 Å². The Hall–Kier alpha value is -2.86. The van der Waals surface area contributed by atoms with Gasteiger partial charge in [-0.15, -0.1) is 0 Å². The number of benzene rings is 2. The molecule has 1 aliphatic carbocycles. The first-order valence-corrected chi connectivity index (χ1v) is 10.5. The molecular formula is C25H26FNO4. The fourth-order valence-corrected chi connectivity index (χ4v) is 5.52. The van der Waals surface area contributed by atoms with Crippen LogP contribution in [0.4, 0.5) is 4.39 Å². The summed E-state index contributed by atoms with van der Waals surface area (Å²) in [6.07, 6.45) is 0.741. The van der Waals surface area contributed by atoms with Crippen LogP contribution < -0.4 is 0 Å². The molecular weight excluding hydrogens is 397 g/mol. The predicted octanol–water partition coefficient (Wildman–Crippen LogP) is 5.17. The molecule has 3 aromatic rings.